The number of rotatable bonds is 10. The lowest BCUT2D eigenvalue weighted by molar-refractivity contribution is -0.127. The molecule has 0 radical (unpaired) electrons. The van der Waals surface area contributed by atoms with Crippen LogP contribution in [0.15, 0.2) is 65.6 Å². The molecule has 39 heavy (non-hydrogen) atoms. The molecule has 0 atom stereocenters. The Kier molecular flexibility index (Phi) is 9.11. The van der Waals surface area contributed by atoms with E-state index < -0.39 is 23.6 Å². The van der Waals surface area contributed by atoms with Crippen molar-refractivity contribution in [1.29, 1.82) is 0 Å². The number of amides is 3. The standard InChI is InChI=1S/C28H24ClFN2O6S/c1-3-37-23-13-18(12-22(29)26(23)38-16-17-4-6-19(30)7-5-17)14-24-27(34)32(28(35)39-24)15-25(33)31-20-8-10-21(36-2)11-9-20/h4-14H,3,15-16H2,1-2H3,(H,31,33)/b24-14+. The summed E-state index contributed by atoms with van der Waals surface area (Å²) in [5.74, 6) is -0.198. The van der Waals surface area contributed by atoms with Gasteiger partial charge in [-0.15, -0.1) is 0 Å². The van der Waals surface area contributed by atoms with Crippen LogP contribution in [0.2, 0.25) is 5.02 Å². The summed E-state index contributed by atoms with van der Waals surface area (Å²) in [6.45, 7) is 1.82. The van der Waals surface area contributed by atoms with Crippen LogP contribution in [0.3, 0.4) is 0 Å². The third-order valence-corrected chi connectivity index (χ3v) is 6.66. The molecule has 1 N–H and O–H groups in total. The third-order valence-electron chi connectivity index (χ3n) is 5.47. The predicted octanol–water partition coefficient (Wildman–Crippen LogP) is 6.14. The summed E-state index contributed by atoms with van der Waals surface area (Å²) in [6.07, 6.45) is 1.50. The van der Waals surface area contributed by atoms with Gasteiger partial charge in [-0.05, 0) is 84.4 Å². The number of nitrogens with zero attached hydrogens (tertiary/aromatic N) is 1. The van der Waals surface area contributed by atoms with Crippen molar-refractivity contribution in [2.45, 2.75) is 13.5 Å². The Hall–Kier alpha value is -4.02. The topological polar surface area (TPSA) is 94.2 Å². The Labute approximate surface area is 233 Å². The van der Waals surface area contributed by atoms with Gasteiger partial charge in [-0.2, -0.15) is 0 Å². The lowest BCUT2D eigenvalue weighted by Gasteiger charge is -2.15. The molecule has 0 bridgehead atoms. The lowest BCUT2D eigenvalue weighted by atomic mass is 10.1. The summed E-state index contributed by atoms with van der Waals surface area (Å²) in [5.41, 5.74) is 1.75. The van der Waals surface area contributed by atoms with Crippen molar-refractivity contribution < 1.29 is 33.0 Å². The number of nitrogens with one attached hydrogen (secondary N) is 1. The van der Waals surface area contributed by atoms with E-state index in [-0.39, 0.29) is 22.4 Å². The van der Waals surface area contributed by atoms with Crippen molar-refractivity contribution in [2.24, 2.45) is 0 Å². The molecule has 4 rings (SSSR count). The smallest absolute Gasteiger partial charge is 0.294 e. The quantitative estimate of drug-likeness (QED) is 0.293. The highest BCUT2D eigenvalue weighted by Gasteiger charge is 2.36. The molecule has 3 amide bonds. The van der Waals surface area contributed by atoms with E-state index in [0.29, 0.717) is 35.1 Å². The Morgan fingerprint density at radius 2 is 1.79 bits per heavy atom. The predicted molar refractivity (Wildman–Crippen MR) is 148 cm³/mol. The number of hydrogen-bond acceptors (Lipinski definition) is 7. The molecule has 3 aromatic rings. The van der Waals surface area contributed by atoms with Crippen LogP contribution in [0.4, 0.5) is 14.9 Å². The number of hydrogen-bond donors (Lipinski definition) is 1. The Balaban J connectivity index is 1.46. The van der Waals surface area contributed by atoms with Crippen LogP contribution in [0.5, 0.6) is 17.2 Å². The number of thioether (sulfide) groups is 1. The van der Waals surface area contributed by atoms with Gasteiger partial charge < -0.3 is 19.5 Å². The maximum atomic E-state index is 13.2. The Bertz CT molecular complexity index is 1410. The van der Waals surface area contributed by atoms with Gasteiger partial charge in [0.15, 0.2) is 11.5 Å². The molecule has 1 heterocycles. The lowest BCUT2D eigenvalue weighted by Crippen LogP contribution is -2.36. The highest BCUT2D eigenvalue weighted by Crippen LogP contribution is 2.39. The van der Waals surface area contributed by atoms with Crippen molar-refractivity contribution in [3.05, 3.63) is 87.5 Å². The number of carbonyl (C=O) groups excluding carboxylic acids is 3. The normalized spacial score (nSPS) is 14.1. The van der Waals surface area contributed by atoms with Crippen LogP contribution >= 0.6 is 23.4 Å². The number of methoxy groups -OCH3 is 1. The molecular formula is C28H24ClFN2O6S. The van der Waals surface area contributed by atoms with Crippen LogP contribution in [0, 0.1) is 5.82 Å². The first-order valence-corrected chi connectivity index (χ1v) is 13.0. The summed E-state index contributed by atoms with van der Waals surface area (Å²) in [7, 11) is 1.53. The van der Waals surface area contributed by atoms with E-state index in [1.807, 2.05) is 0 Å². The minimum absolute atomic E-state index is 0.135. The van der Waals surface area contributed by atoms with E-state index in [1.165, 1.54) is 25.3 Å². The fraction of sp³-hybridized carbons (Fsp3) is 0.179. The van der Waals surface area contributed by atoms with E-state index in [9.17, 15) is 18.8 Å². The second-order valence-corrected chi connectivity index (χ2v) is 9.62. The second kappa shape index (κ2) is 12.7. The monoisotopic (exact) mass is 570 g/mol. The van der Waals surface area contributed by atoms with Gasteiger partial charge in [0.1, 0.15) is 24.7 Å². The average Bonchev–Trinajstić information content (AvgIpc) is 3.17. The van der Waals surface area contributed by atoms with Gasteiger partial charge in [-0.25, -0.2) is 4.39 Å². The fourth-order valence-electron chi connectivity index (χ4n) is 3.62. The van der Waals surface area contributed by atoms with Gasteiger partial charge in [-0.1, -0.05) is 23.7 Å². The van der Waals surface area contributed by atoms with E-state index >= 15 is 0 Å². The number of benzene rings is 3. The van der Waals surface area contributed by atoms with Crippen LogP contribution in [-0.4, -0.2) is 42.2 Å². The number of halogens is 2. The number of imide groups is 1. The third kappa shape index (κ3) is 7.10. The molecule has 1 fully saturated rings. The van der Waals surface area contributed by atoms with Crippen molar-refractivity contribution in [2.75, 3.05) is 25.6 Å². The zero-order valence-electron chi connectivity index (χ0n) is 21.0. The zero-order chi connectivity index (χ0) is 27.9. The molecule has 0 aromatic heterocycles. The van der Waals surface area contributed by atoms with Gasteiger partial charge in [-0.3, -0.25) is 19.3 Å². The van der Waals surface area contributed by atoms with E-state index in [1.54, 1.807) is 55.5 Å². The fourth-order valence-corrected chi connectivity index (χ4v) is 4.73. The first-order valence-electron chi connectivity index (χ1n) is 11.8. The van der Waals surface area contributed by atoms with Crippen LogP contribution < -0.4 is 19.5 Å². The molecule has 1 saturated heterocycles. The van der Waals surface area contributed by atoms with Gasteiger partial charge in [0, 0.05) is 5.69 Å². The average molecular weight is 571 g/mol. The Morgan fingerprint density at radius 1 is 1.08 bits per heavy atom. The largest absolute Gasteiger partial charge is 0.497 e. The zero-order valence-corrected chi connectivity index (χ0v) is 22.6. The minimum Gasteiger partial charge on any atom is -0.497 e. The maximum absolute atomic E-state index is 13.2. The SMILES string of the molecule is CCOc1cc(/C=C2/SC(=O)N(CC(=O)Nc3ccc(OC)cc3)C2=O)cc(Cl)c1OCc1ccc(F)cc1. The van der Waals surface area contributed by atoms with Crippen LogP contribution in [0.25, 0.3) is 6.08 Å². The Morgan fingerprint density at radius 3 is 2.46 bits per heavy atom. The summed E-state index contributed by atoms with van der Waals surface area (Å²) < 4.78 is 29.8. The number of anilines is 1. The van der Waals surface area contributed by atoms with Crippen molar-refractivity contribution in [3.63, 3.8) is 0 Å². The van der Waals surface area contributed by atoms with E-state index in [2.05, 4.69) is 5.32 Å². The molecule has 0 aliphatic carbocycles. The van der Waals surface area contributed by atoms with E-state index in [0.717, 1.165) is 22.2 Å². The molecule has 3 aromatic carbocycles. The molecular weight excluding hydrogens is 547 g/mol. The molecule has 8 nitrogen and oxygen atoms in total. The van der Waals surface area contributed by atoms with Crippen molar-refractivity contribution in [1.82, 2.24) is 4.90 Å². The first-order chi connectivity index (χ1) is 18.8. The molecule has 0 unspecified atom stereocenters. The molecule has 11 heteroatoms. The molecule has 1 aliphatic rings. The van der Waals surface area contributed by atoms with Crippen LogP contribution in [0.1, 0.15) is 18.1 Å². The van der Waals surface area contributed by atoms with Crippen molar-refractivity contribution >= 4 is 52.2 Å². The minimum atomic E-state index is -0.597. The summed E-state index contributed by atoms with van der Waals surface area (Å²) >= 11 is 7.21. The highest BCUT2D eigenvalue weighted by atomic mass is 35.5. The second-order valence-electron chi connectivity index (χ2n) is 8.22. The van der Waals surface area contributed by atoms with Gasteiger partial charge in [0.05, 0.1) is 23.6 Å². The highest BCUT2D eigenvalue weighted by molar-refractivity contribution is 8.18. The number of carbonyl (C=O) groups is 3. The van der Waals surface area contributed by atoms with Crippen LogP contribution in [-0.2, 0) is 16.2 Å². The van der Waals surface area contributed by atoms with Crippen molar-refractivity contribution in [3.8, 4) is 17.2 Å². The number of ether oxygens (including phenoxy) is 3. The molecule has 0 spiro atoms. The van der Waals surface area contributed by atoms with Gasteiger partial charge in [0.2, 0.25) is 5.91 Å². The van der Waals surface area contributed by atoms with E-state index in [4.69, 9.17) is 25.8 Å². The summed E-state index contributed by atoms with van der Waals surface area (Å²) in [6, 6.07) is 15.8. The van der Waals surface area contributed by atoms with Gasteiger partial charge in [0.25, 0.3) is 11.1 Å². The molecule has 1 aliphatic heterocycles. The maximum Gasteiger partial charge on any atom is 0.294 e. The summed E-state index contributed by atoms with van der Waals surface area (Å²) in [5, 5.41) is 2.32. The first kappa shape index (κ1) is 28.0. The summed E-state index contributed by atoms with van der Waals surface area (Å²) in [4.78, 5) is 39.0. The van der Waals surface area contributed by atoms with Gasteiger partial charge >= 0.3 is 0 Å². The molecule has 202 valence electrons. The molecule has 0 saturated carbocycles.